The molecule has 0 atom stereocenters. The average Bonchev–Trinajstić information content (AvgIpc) is 3.09. The van der Waals surface area contributed by atoms with E-state index in [-0.39, 0.29) is 17.9 Å². The van der Waals surface area contributed by atoms with E-state index in [0.717, 1.165) is 0 Å². The molecular weight excluding hydrogens is 368 g/mol. The number of anilines is 1. The highest BCUT2D eigenvalue weighted by molar-refractivity contribution is 7.22. The summed E-state index contributed by atoms with van der Waals surface area (Å²) in [7, 11) is 0. The summed E-state index contributed by atoms with van der Waals surface area (Å²) < 4.78 is 27.7. The molecule has 0 bridgehead atoms. The van der Waals surface area contributed by atoms with Crippen LogP contribution in [0.4, 0.5) is 13.9 Å². The Morgan fingerprint density at radius 1 is 1.00 bits per heavy atom. The number of thiazole rings is 1. The number of carbonyl (C=O) groups excluding carboxylic acids is 1. The smallest absolute Gasteiger partial charge is 0.260 e. The van der Waals surface area contributed by atoms with Gasteiger partial charge in [0.1, 0.15) is 11.6 Å². The summed E-state index contributed by atoms with van der Waals surface area (Å²) in [5.41, 5.74) is 1.46. The lowest BCUT2D eigenvalue weighted by molar-refractivity contribution is 0.0984. The molecule has 27 heavy (non-hydrogen) atoms. The zero-order chi connectivity index (χ0) is 18.8. The number of nitrogens with zero attached hydrogens (tertiary/aromatic N) is 3. The molecule has 0 aliphatic rings. The summed E-state index contributed by atoms with van der Waals surface area (Å²) in [5, 5.41) is 0.399. The molecule has 2 heterocycles. The van der Waals surface area contributed by atoms with Crippen molar-refractivity contribution in [3.8, 4) is 0 Å². The Hall–Kier alpha value is -3.19. The van der Waals surface area contributed by atoms with Gasteiger partial charge in [0.2, 0.25) is 0 Å². The van der Waals surface area contributed by atoms with E-state index in [1.807, 2.05) is 6.07 Å². The first-order chi connectivity index (χ1) is 13.1. The van der Waals surface area contributed by atoms with Crippen LogP contribution in [0.15, 0.2) is 66.9 Å². The van der Waals surface area contributed by atoms with Gasteiger partial charge in [-0.25, -0.2) is 13.8 Å². The van der Waals surface area contributed by atoms with E-state index in [0.29, 0.717) is 21.0 Å². The van der Waals surface area contributed by atoms with Crippen molar-refractivity contribution >= 4 is 32.6 Å². The average molecular weight is 381 g/mol. The van der Waals surface area contributed by atoms with Crippen LogP contribution in [0.2, 0.25) is 0 Å². The van der Waals surface area contributed by atoms with Crippen molar-refractivity contribution in [2.75, 3.05) is 4.90 Å². The van der Waals surface area contributed by atoms with E-state index >= 15 is 0 Å². The van der Waals surface area contributed by atoms with Crippen LogP contribution in [-0.4, -0.2) is 15.9 Å². The van der Waals surface area contributed by atoms with Gasteiger partial charge in [0, 0.05) is 11.8 Å². The van der Waals surface area contributed by atoms with Gasteiger partial charge in [0.05, 0.1) is 22.5 Å². The summed E-state index contributed by atoms with van der Waals surface area (Å²) in [4.78, 5) is 23.2. The predicted octanol–water partition coefficient (Wildman–Crippen LogP) is 4.82. The third kappa shape index (κ3) is 3.68. The molecule has 4 nitrogen and oxygen atoms in total. The number of hydrogen-bond acceptors (Lipinski definition) is 4. The van der Waals surface area contributed by atoms with Crippen molar-refractivity contribution in [2.24, 2.45) is 0 Å². The molecule has 0 unspecified atom stereocenters. The fraction of sp³-hybridized carbons (Fsp3) is 0.0500. The monoisotopic (exact) mass is 381 g/mol. The van der Waals surface area contributed by atoms with Crippen molar-refractivity contribution in [1.82, 2.24) is 9.97 Å². The van der Waals surface area contributed by atoms with E-state index in [4.69, 9.17) is 0 Å². The zero-order valence-electron chi connectivity index (χ0n) is 14.0. The first kappa shape index (κ1) is 17.2. The molecule has 0 N–H and O–H groups in total. The maximum atomic E-state index is 13.6. The zero-order valence-corrected chi connectivity index (χ0v) is 14.8. The van der Waals surface area contributed by atoms with Gasteiger partial charge in [-0.2, -0.15) is 0 Å². The maximum absolute atomic E-state index is 13.6. The fourth-order valence-corrected chi connectivity index (χ4v) is 3.65. The Balaban J connectivity index is 1.77. The number of rotatable bonds is 4. The van der Waals surface area contributed by atoms with Gasteiger partial charge >= 0.3 is 0 Å². The van der Waals surface area contributed by atoms with E-state index < -0.39 is 11.7 Å². The van der Waals surface area contributed by atoms with Crippen molar-refractivity contribution in [2.45, 2.75) is 6.54 Å². The standard InChI is InChI=1S/C20H13F2N3OS/c21-14-5-3-4-13(10-14)19(26)25(12-16-6-1-2-9-23-16)20-24-17-8-7-15(22)11-18(17)27-20/h1-11H,12H2. The Kier molecular flexibility index (Phi) is 4.60. The molecular formula is C20H13F2N3OS. The number of fused-ring (bicyclic) bond motifs is 1. The minimum absolute atomic E-state index is 0.165. The summed E-state index contributed by atoms with van der Waals surface area (Å²) in [6.45, 7) is 0.165. The molecule has 4 aromatic rings. The van der Waals surface area contributed by atoms with Crippen LogP contribution >= 0.6 is 11.3 Å². The van der Waals surface area contributed by atoms with Crippen molar-refractivity contribution in [3.63, 3.8) is 0 Å². The van der Waals surface area contributed by atoms with Crippen LogP contribution in [0.5, 0.6) is 0 Å². The highest BCUT2D eigenvalue weighted by Gasteiger charge is 2.22. The van der Waals surface area contributed by atoms with Gasteiger partial charge in [-0.15, -0.1) is 0 Å². The van der Waals surface area contributed by atoms with Gasteiger partial charge in [-0.1, -0.05) is 23.5 Å². The van der Waals surface area contributed by atoms with Gasteiger partial charge in [-0.05, 0) is 48.5 Å². The normalized spacial score (nSPS) is 10.9. The number of amides is 1. The molecule has 0 spiro atoms. The molecule has 1 amide bonds. The molecule has 0 radical (unpaired) electrons. The third-order valence-electron chi connectivity index (χ3n) is 3.93. The Bertz CT molecular complexity index is 1110. The molecule has 2 aromatic heterocycles. The van der Waals surface area contributed by atoms with Crippen LogP contribution in [0.3, 0.4) is 0 Å². The highest BCUT2D eigenvalue weighted by Crippen LogP contribution is 2.31. The van der Waals surface area contributed by atoms with Crippen LogP contribution in [0.1, 0.15) is 16.1 Å². The topological polar surface area (TPSA) is 46.1 Å². The molecule has 7 heteroatoms. The molecule has 4 rings (SSSR count). The molecule has 0 aliphatic carbocycles. The second-order valence-electron chi connectivity index (χ2n) is 5.83. The van der Waals surface area contributed by atoms with Gasteiger partial charge in [0.25, 0.3) is 5.91 Å². The van der Waals surface area contributed by atoms with Crippen LogP contribution < -0.4 is 4.90 Å². The molecule has 0 fully saturated rings. The Morgan fingerprint density at radius 2 is 1.85 bits per heavy atom. The number of benzene rings is 2. The number of hydrogen-bond donors (Lipinski definition) is 0. The Labute approximate surface area is 157 Å². The predicted molar refractivity (Wildman–Crippen MR) is 101 cm³/mol. The number of pyridine rings is 1. The number of halogens is 2. The molecule has 2 aromatic carbocycles. The molecule has 0 aliphatic heterocycles. The van der Waals surface area contributed by atoms with Crippen LogP contribution in [-0.2, 0) is 6.54 Å². The number of carbonyl (C=O) groups is 1. The minimum atomic E-state index is -0.495. The van der Waals surface area contributed by atoms with Crippen molar-refractivity contribution < 1.29 is 13.6 Å². The number of aromatic nitrogens is 2. The first-order valence-corrected chi connectivity index (χ1v) is 8.95. The van der Waals surface area contributed by atoms with E-state index in [1.165, 1.54) is 46.6 Å². The van der Waals surface area contributed by atoms with Gasteiger partial charge in [0.15, 0.2) is 5.13 Å². The largest absolute Gasteiger partial charge is 0.278 e. The maximum Gasteiger partial charge on any atom is 0.260 e. The van der Waals surface area contributed by atoms with E-state index in [1.54, 1.807) is 30.5 Å². The summed E-state index contributed by atoms with van der Waals surface area (Å²) in [5.74, 6) is -1.27. The first-order valence-electron chi connectivity index (χ1n) is 8.13. The lowest BCUT2D eigenvalue weighted by atomic mass is 10.2. The van der Waals surface area contributed by atoms with Gasteiger partial charge in [-0.3, -0.25) is 14.7 Å². The Morgan fingerprint density at radius 3 is 2.63 bits per heavy atom. The van der Waals surface area contributed by atoms with Crippen molar-refractivity contribution in [3.05, 3.63) is 89.8 Å². The van der Waals surface area contributed by atoms with E-state index in [9.17, 15) is 13.6 Å². The van der Waals surface area contributed by atoms with E-state index in [2.05, 4.69) is 9.97 Å². The fourth-order valence-electron chi connectivity index (χ4n) is 2.66. The molecule has 0 saturated carbocycles. The van der Waals surface area contributed by atoms with Crippen LogP contribution in [0.25, 0.3) is 10.2 Å². The summed E-state index contributed by atoms with van der Waals surface area (Å²) in [6.07, 6.45) is 1.63. The SMILES string of the molecule is O=C(c1cccc(F)c1)N(Cc1ccccn1)c1nc2ccc(F)cc2s1. The third-order valence-corrected chi connectivity index (χ3v) is 4.97. The highest BCUT2D eigenvalue weighted by atomic mass is 32.1. The summed E-state index contributed by atoms with van der Waals surface area (Å²) >= 11 is 1.20. The lowest BCUT2D eigenvalue weighted by Crippen LogP contribution is -2.30. The second kappa shape index (κ2) is 7.20. The van der Waals surface area contributed by atoms with Crippen LogP contribution in [0, 0.1) is 11.6 Å². The van der Waals surface area contributed by atoms with Crippen molar-refractivity contribution in [1.29, 1.82) is 0 Å². The molecule has 134 valence electrons. The second-order valence-corrected chi connectivity index (χ2v) is 6.84. The lowest BCUT2D eigenvalue weighted by Gasteiger charge is -2.19. The van der Waals surface area contributed by atoms with Gasteiger partial charge < -0.3 is 0 Å². The molecule has 0 saturated heterocycles. The summed E-state index contributed by atoms with van der Waals surface area (Å²) in [6, 6.07) is 15.1. The minimum Gasteiger partial charge on any atom is -0.278 e. The quantitative estimate of drug-likeness (QED) is 0.509.